The van der Waals surface area contributed by atoms with E-state index in [9.17, 15) is 18.8 Å². The topological polar surface area (TPSA) is 69.7 Å². The zero-order valence-electron chi connectivity index (χ0n) is 14.7. The van der Waals surface area contributed by atoms with Crippen LogP contribution in [0.5, 0.6) is 0 Å². The summed E-state index contributed by atoms with van der Waals surface area (Å²) in [7, 11) is 1.42. The molecule has 1 N–H and O–H groups in total. The molecule has 0 spiro atoms. The summed E-state index contributed by atoms with van der Waals surface area (Å²) < 4.78 is 13.6. The number of carbonyl (C=O) groups is 3. The Morgan fingerprint density at radius 2 is 1.89 bits per heavy atom. The highest BCUT2D eigenvalue weighted by atomic mass is 19.1. The van der Waals surface area contributed by atoms with Gasteiger partial charge in [-0.15, -0.1) is 0 Å². The lowest BCUT2D eigenvalue weighted by Gasteiger charge is -2.36. The number of hydrogen-bond donors (Lipinski definition) is 1. The predicted molar refractivity (Wildman–Crippen MR) is 95.9 cm³/mol. The largest absolute Gasteiger partial charge is 0.329 e. The molecule has 1 fully saturated rings. The van der Waals surface area contributed by atoms with E-state index in [0.29, 0.717) is 36.3 Å². The first-order valence-corrected chi connectivity index (χ1v) is 8.71. The third-order valence-electron chi connectivity index (χ3n) is 5.07. The Bertz CT molecular complexity index is 959. The normalized spacial score (nSPS) is 19.4. The molecule has 2 aromatic rings. The minimum Gasteiger partial charge on any atom is -0.329 e. The van der Waals surface area contributed by atoms with E-state index in [1.165, 1.54) is 31.3 Å². The summed E-state index contributed by atoms with van der Waals surface area (Å²) in [5.41, 5.74) is 1.60. The SMILES string of the molecule is CN1C(=O)c2ccc(C(=O)N3CCNCC3c3cccc(F)c3)cc2C1=O. The van der Waals surface area contributed by atoms with Crippen molar-refractivity contribution in [2.45, 2.75) is 6.04 Å². The molecular weight excluding hydrogens is 349 g/mol. The second-order valence-electron chi connectivity index (χ2n) is 6.70. The Kier molecular flexibility index (Phi) is 4.24. The lowest BCUT2D eigenvalue weighted by atomic mass is 10.00. The van der Waals surface area contributed by atoms with Crippen molar-refractivity contribution in [1.82, 2.24) is 15.1 Å². The van der Waals surface area contributed by atoms with Crippen molar-refractivity contribution >= 4 is 17.7 Å². The van der Waals surface area contributed by atoms with Crippen molar-refractivity contribution in [1.29, 1.82) is 0 Å². The third-order valence-corrected chi connectivity index (χ3v) is 5.07. The quantitative estimate of drug-likeness (QED) is 0.823. The Hall–Kier alpha value is -3.06. The maximum absolute atomic E-state index is 13.6. The summed E-state index contributed by atoms with van der Waals surface area (Å²) in [4.78, 5) is 40.1. The predicted octanol–water partition coefficient (Wildman–Crippen LogP) is 1.84. The smallest absolute Gasteiger partial charge is 0.261 e. The summed E-state index contributed by atoms with van der Waals surface area (Å²) in [6.07, 6.45) is 0. The number of imide groups is 1. The second-order valence-corrected chi connectivity index (χ2v) is 6.70. The van der Waals surface area contributed by atoms with Gasteiger partial charge in [0.05, 0.1) is 17.2 Å². The van der Waals surface area contributed by atoms with Gasteiger partial charge in [-0.2, -0.15) is 0 Å². The fourth-order valence-corrected chi connectivity index (χ4v) is 3.62. The van der Waals surface area contributed by atoms with Crippen molar-refractivity contribution in [3.63, 3.8) is 0 Å². The van der Waals surface area contributed by atoms with Crippen LogP contribution in [0.3, 0.4) is 0 Å². The molecule has 0 saturated carbocycles. The van der Waals surface area contributed by atoms with Crippen LogP contribution in [0.4, 0.5) is 4.39 Å². The van der Waals surface area contributed by atoms with Gasteiger partial charge < -0.3 is 10.2 Å². The van der Waals surface area contributed by atoms with E-state index in [1.807, 2.05) is 0 Å². The summed E-state index contributed by atoms with van der Waals surface area (Å²) in [5.74, 6) is -1.38. The summed E-state index contributed by atoms with van der Waals surface area (Å²) >= 11 is 0. The highest BCUT2D eigenvalue weighted by Crippen LogP contribution is 2.27. The molecule has 6 nitrogen and oxygen atoms in total. The van der Waals surface area contributed by atoms with Gasteiger partial charge in [-0.05, 0) is 35.9 Å². The highest BCUT2D eigenvalue weighted by Gasteiger charge is 2.35. The number of hydrogen-bond acceptors (Lipinski definition) is 4. The van der Waals surface area contributed by atoms with E-state index < -0.39 is 5.91 Å². The van der Waals surface area contributed by atoms with Crippen LogP contribution >= 0.6 is 0 Å². The van der Waals surface area contributed by atoms with Gasteiger partial charge in [0.15, 0.2) is 0 Å². The van der Waals surface area contributed by atoms with Crippen molar-refractivity contribution in [2.75, 3.05) is 26.7 Å². The zero-order valence-corrected chi connectivity index (χ0v) is 14.7. The first-order chi connectivity index (χ1) is 13.0. The Morgan fingerprint density at radius 1 is 1.11 bits per heavy atom. The summed E-state index contributed by atoms with van der Waals surface area (Å²) in [6.45, 7) is 1.60. The maximum Gasteiger partial charge on any atom is 0.261 e. The lowest BCUT2D eigenvalue weighted by molar-refractivity contribution is 0.0633. The Labute approximate surface area is 155 Å². The molecule has 138 valence electrons. The zero-order chi connectivity index (χ0) is 19.1. The van der Waals surface area contributed by atoms with Gasteiger partial charge in [0.2, 0.25) is 0 Å². The van der Waals surface area contributed by atoms with Crippen LogP contribution in [-0.2, 0) is 0 Å². The second kappa shape index (κ2) is 6.59. The van der Waals surface area contributed by atoms with Gasteiger partial charge in [0.25, 0.3) is 17.7 Å². The number of amides is 3. The highest BCUT2D eigenvalue weighted by molar-refractivity contribution is 6.21. The van der Waals surface area contributed by atoms with E-state index in [-0.39, 0.29) is 29.2 Å². The van der Waals surface area contributed by atoms with E-state index in [4.69, 9.17) is 0 Å². The molecule has 0 bridgehead atoms. The van der Waals surface area contributed by atoms with Crippen molar-refractivity contribution in [3.05, 3.63) is 70.5 Å². The van der Waals surface area contributed by atoms with Gasteiger partial charge in [-0.25, -0.2) is 4.39 Å². The van der Waals surface area contributed by atoms with Gasteiger partial charge in [-0.1, -0.05) is 12.1 Å². The van der Waals surface area contributed by atoms with Gasteiger partial charge >= 0.3 is 0 Å². The first-order valence-electron chi connectivity index (χ1n) is 8.71. The molecule has 4 rings (SSSR count). The van der Waals surface area contributed by atoms with E-state index in [2.05, 4.69) is 5.32 Å². The molecule has 27 heavy (non-hydrogen) atoms. The van der Waals surface area contributed by atoms with Crippen LogP contribution in [0.2, 0.25) is 0 Å². The Balaban J connectivity index is 1.67. The number of nitrogens with one attached hydrogen (secondary N) is 1. The number of piperazine rings is 1. The van der Waals surface area contributed by atoms with Crippen LogP contribution in [0.15, 0.2) is 42.5 Å². The number of rotatable bonds is 2. The molecule has 2 aromatic carbocycles. The van der Waals surface area contributed by atoms with E-state index in [0.717, 1.165) is 4.90 Å². The molecule has 1 saturated heterocycles. The molecule has 1 atom stereocenters. The average Bonchev–Trinajstić information content (AvgIpc) is 2.91. The Morgan fingerprint density at radius 3 is 2.67 bits per heavy atom. The standard InChI is InChI=1S/C20H18FN3O3/c1-23-19(26)15-6-5-13(10-16(15)20(23)27)18(25)24-8-7-22-11-17(24)12-3-2-4-14(21)9-12/h2-6,9-10,17,22H,7-8,11H2,1H3. The number of carbonyl (C=O) groups excluding carboxylic acids is 3. The first kappa shape index (κ1) is 17.4. The van der Waals surface area contributed by atoms with Crippen LogP contribution in [0, 0.1) is 5.82 Å². The molecule has 1 unspecified atom stereocenters. The molecule has 0 aromatic heterocycles. The fraction of sp³-hybridized carbons (Fsp3) is 0.250. The number of nitrogens with zero attached hydrogens (tertiary/aromatic N) is 2. The van der Waals surface area contributed by atoms with Crippen LogP contribution in [-0.4, -0.2) is 54.2 Å². The third kappa shape index (κ3) is 2.90. The molecule has 3 amide bonds. The molecule has 2 aliphatic rings. The van der Waals surface area contributed by atoms with Crippen molar-refractivity contribution in [2.24, 2.45) is 0 Å². The molecule has 2 heterocycles. The molecule has 0 aliphatic carbocycles. The number of fused-ring (bicyclic) bond motifs is 1. The van der Waals surface area contributed by atoms with E-state index >= 15 is 0 Å². The van der Waals surface area contributed by atoms with E-state index in [1.54, 1.807) is 23.1 Å². The monoisotopic (exact) mass is 367 g/mol. The van der Waals surface area contributed by atoms with Crippen molar-refractivity contribution < 1.29 is 18.8 Å². The van der Waals surface area contributed by atoms with Gasteiger partial charge in [-0.3, -0.25) is 19.3 Å². The number of benzene rings is 2. The molecule has 7 heteroatoms. The molecule has 0 radical (unpaired) electrons. The maximum atomic E-state index is 13.6. The fourth-order valence-electron chi connectivity index (χ4n) is 3.62. The summed E-state index contributed by atoms with van der Waals surface area (Å²) in [6, 6.07) is 10.5. The van der Waals surface area contributed by atoms with Crippen LogP contribution < -0.4 is 5.32 Å². The van der Waals surface area contributed by atoms with Gasteiger partial charge in [0, 0.05) is 32.2 Å². The van der Waals surface area contributed by atoms with Crippen molar-refractivity contribution in [3.8, 4) is 0 Å². The van der Waals surface area contributed by atoms with Crippen LogP contribution in [0.1, 0.15) is 42.7 Å². The van der Waals surface area contributed by atoms with Gasteiger partial charge in [0.1, 0.15) is 5.82 Å². The molecular formula is C20H18FN3O3. The lowest BCUT2D eigenvalue weighted by Crippen LogP contribution is -2.48. The van der Waals surface area contributed by atoms with Crippen LogP contribution in [0.25, 0.3) is 0 Å². The number of halogens is 1. The molecule has 2 aliphatic heterocycles. The average molecular weight is 367 g/mol. The minimum atomic E-state index is -0.411. The summed E-state index contributed by atoms with van der Waals surface area (Å²) in [5, 5.41) is 3.23. The minimum absolute atomic E-state index is 0.241.